The van der Waals surface area contributed by atoms with Crippen LogP contribution in [0, 0.1) is 0 Å². The predicted molar refractivity (Wildman–Crippen MR) is 77.0 cm³/mol. The molecular weight excluding hydrogens is 270 g/mol. The number of rotatable bonds is 4. The van der Waals surface area contributed by atoms with Crippen molar-refractivity contribution < 1.29 is 14.1 Å². The summed E-state index contributed by atoms with van der Waals surface area (Å²) in [5.74, 6) is 0.724. The fourth-order valence-electron chi connectivity index (χ4n) is 2.32. The van der Waals surface area contributed by atoms with E-state index < -0.39 is 0 Å². The highest BCUT2D eigenvalue weighted by Crippen LogP contribution is 2.23. The van der Waals surface area contributed by atoms with Crippen LogP contribution in [0.2, 0.25) is 0 Å². The van der Waals surface area contributed by atoms with Crippen LogP contribution in [0.3, 0.4) is 0 Å². The fourth-order valence-corrected chi connectivity index (χ4v) is 2.32. The van der Waals surface area contributed by atoms with Crippen LogP contribution in [0.15, 0.2) is 34.9 Å². The van der Waals surface area contributed by atoms with E-state index in [1.807, 2.05) is 24.3 Å². The van der Waals surface area contributed by atoms with Gasteiger partial charge in [0.2, 0.25) is 5.76 Å². The van der Waals surface area contributed by atoms with E-state index in [1.54, 1.807) is 13.2 Å². The van der Waals surface area contributed by atoms with Gasteiger partial charge in [-0.15, -0.1) is 0 Å². The Hall–Kier alpha value is -2.34. The van der Waals surface area contributed by atoms with Crippen molar-refractivity contribution in [2.45, 2.75) is 24.9 Å². The Morgan fingerprint density at radius 1 is 1.38 bits per heavy atom. The summed E-state index contributed by atoms with van der Waals surface area (Å²) in [6.45, 7) is 0. The number of benzene rings is 1. The van der Waals surface area contributed by atoms with Gasteiger partial charge in [0, 0.05) is 23.7 Å². The van der Waals surface area contributed by atoms with Crippen LogP contribution in [0.5, 0.6) is 5.75 Å². The predicted octanol–water partition coefficient (Wildman–Crippen LogP) is 1.57. The number of amides is 1. The minimum atomic E-state index is -0.251. The standard InChI is InChI=1S/C15H17N3O3/c1-20-12-4-2-9(3-5-12)13-8-14(21-18-13)15(19)17-11-6-10(16)7-11/h2-5,8,10-11H,6-7,16H2,1H3,(H,17,19). The first-order valence-corrected chi connectivity index (χ1v) is 6.83. The van der Waals surface area contributed by atoms with Crippen molar-refractivity contribution in [1.82, 2.24) is 10.5 Å². The van der Waals surface area contributed by atoms with Gasteiger partial charge < -0.3 is 20.3 Å². The zero-order chi connectivity index (χ0) is 14.8. The van der Waals surface area contributed by atoms with Gasteiger partial charge in [-0.3, -0.25) is 4.79 Å². The van der Waals surface area contributed by atoms with Crippen LogP contribution in [-0.4, -0.2) is 30.3 Å². The lowest BCUT2D eigenvalue weighted by molar-refractivity contribution is 0.0872. The molecule has 0 bridgehead atoms. The maximum Gasteiger partial charge on any atom is 0.290 e. The summed E-state index contributed by atoms with van der Waals surface area (Å²) in [7, 11) is 1.61. The maximum absolute atomic E-state index is 12.0. The normalized spacial score (nSPS) is 20.7. The Morgan fingerprint density at radius 2 is 2.10 bits per heavy atom. The van der Waals surface area contributed by atoms with Crippen LogP contribution in [0.25, 0.3) is 11.3 Å². The molecule has 1 aromatic heterocycles. The van der Waals surface area contributed by atoms with E-state index in [4.69, 9.17) is 15.0 Å². The summed E-state index contributed by atoms with van der Waals surface area (Å²) < 4.78 is 10.2. The van der Waals surface area contributed by atoms with E-state index in [0.717, 1.165) is 24.2 Å². The van der Waals surface area contributed by atoms with Crippen LogP contribution < -0.4 is 15.8 Å². The third-order valence-corrected chi connectivity index (χ3v) is 3.63. The van der Waals surface area contributed by atoms with Gasteiger partial charge in [-0.2, -0.15) is 0 Å². The first-order chi connectivity index (χ1) is 10.2. The van der Waals surface area contributed by atoms with Crippen molar-refractivity contribution in [3.63, 3.8) is 0 Å². The molecular formula is C15H17N3O3. The van der Waals surface area contributed by atoms with Gasteiger partial charge in [0.15, 0.2) is 0 Å². The number of ether oxygens (including phenoxy) is 1. The fraction of sp³-hybridized carbons (Fsp3) is 0.333. The van der Waals surface area contributed by atoms with Crippen molar-refractivity contribution in [2.75, 3.05) is 7.11 Å². The molecule has 0 saturated heterocycles. The molecule has 2 aromatic rings. The van der Waals surface area contributed by atoms with Crippen LogP contribution in [0.1, 0.15) is 23.4 Å². The molecule has 0 spiro atoms. The molecule has 1 amide bonds. The van der Waals surface area contributed by atoms with Crippen molar-refractivity contribution in [3.05, 3.63) is 36.1 Å². The summed E-state index contributed by atoms with van der Waals surface area (Å²) in [6.07, 6.45) is 1.62. The highest BCUT2D eigenvalue weighted by Gasteiger charge is 2.28. The zero-order valence-corrected chi connectivity index (χ0v) is 11.7. The molecule has 21 heavy (non-hydrogen) atoms. The lowest BCUT2D eigenvalue weighted by Crippen LogP contribution is -2.50. The van der Waals surface area contributed by atoms with Crippen molar-refractivity contribution in [2.24, 2.45) is 5.73 Å². The van der Waals surface area contributed by atoms with Gasteiger partial charge in [0.05, 0.1) is 7.11 Å². The van der Waals surface area contributed by atoms with Gasteiger partial charge in [0.25, 0.3) is 5.91 Å². The monoisotopic (exact) mass is 287 g/mol. The number of carbonyl (C=O) groups excluding carboxylic acids is 1. The molecule has 1 saturated carbocycles. The molecule has 1 aliphatic carbocycles. The van der Waals surface area contributed by atoms with Crippen LogP contribution in [0.4, 0.5) is 0 Å². The largest absolute Gasteiger partial charge is 0.497 e. The van der Waals surface area contributed by atoms with Gasteiger partial charge in [0.1, 0.15) is 11.4 Å². The smallest absolute Gasteiger partial charge is 0.290 e. The SMILES string of the molecule is COc1ccc(-c2cc(C(=O)NC3CC(N)C3)on2)cc1. The molecule has 0 aliphatic heterocycles. The third kappa shape index (κ3) is 2.90. The number of hydrogen-bond donors (Lipinski definition) is 2. The average molecular weight is 287 g/mol. The van der Waals surface area contributed by atoms with Crippen molar-refractivity contribution in [3.8, 4) is 17.0 Å². The number of methoxy groups -OCH3 is 1. The summed E-state index contributed by atoms with van der Waals surface area (Å²) in [5, 5.41) is 6.80. The maximum atomic E-state index is 12.0. The van der Waals surface area contributed by atoms with Crippen molar-refractivity contribution >= 4 is 5.91 Å². The molecule has 0 radical (unpaired) electrons. The van der Waals surface area contributed by atoms with E-state index in [9.17, 15) is 4.79 Å². The van der Waals surface area contributed by atoms with Crippen molar-refractivity contribution in [1.29, 1.82) is 0 Å². The quantitative estimate of drug-likeness (QED) is 0.890. The van der Waals surface area contributed by atoms with Gasteiger partial charge in [-0.25, -0.2) is 0 Å². The molecule has 3 rings (SSSR count). The van der Waals surface area contributed by atoms with E-state index >= 15 is 0 Å². The highest BCUT2D eigenvalue weighted by molar-refractivity contribution is 5.92. The number of nitrogens with two attached hydrogens (primary N) is 1. The molecule has 0 unspecified atom stereocenters. The number of nitrogens with zero attached hydrogens (tertiary/aromatic N) is 1. The second-order valence-electron chi connectivity index (χ2n) is 5.21. The first-order valence-electron chi connectivity index (χ1n) is 6.83. The molecule has 1 fully saturated rings. The summed E-state index contributed by atoms with van der Waals surface area (Å²) in [4.78, 5) is 12.0. The Bertz CT molecular complexity index is 630. The second-order valence-corrected chi connectivity index (χ2v) is 5.21. The minimum absolute atomic E-state index is 0.141. The van der Waals surface area contributed by atoms with E-state index in [2.05, 4.69) is 10.5 Å². The molecule has 1 aliphatic rings. The molecule has 110 valence electrons. The molecule has 0 atom stereocenters. The highest BCUT2D eigenvalue weighted by atomic mass is 16.5. The lowest BCUT2D eigenvalue weighted by Gasteiger charge is -2.32. The minimum Gasteiger partial charge on any atom is -0.497 e. The molecule has 1 heterocycles. The van der Waals surface area contributed by atoms with Gasteiger partial charge in [-0.1, -0.05) is 5.16 Å². The number of hydrogen-bond acceptors (Lipinski definition) is 5. The first kappa shape index (κ1) is 13.6. The summed E-state index contributed by atoms with van der Waals surface area (Å²) >= 11 is 0. The van der Waals surface area contributed by atoms with Crippen LogP contribution >= 0.6 is 0 Å². The Kier molecular flexibility index (Phi) is 3.62. The lowest BCUT2D eigenvalue weighted by atomic mass is 9.87. The van der Waals surface area contributed by atoms with Gasteiger partial charge >= 0.3 is 0 Å². The average Bonchev–Trinajstić information content (AvgIpc) is 2.95. The number of aromatic nitrogens is 1. The Labute approximate surface area is 122 Å². The number of nitrogens with one attached hydrogen (secondary N) is 1. The zero-order valence-electron chi connectivity index (χ0n) is 11.7. The number of carbonyl (C=O) groups is 1. The molecule has 3 N–H and O–H groups in total. The summed E-state index contributed by atoms with van der Waals surface area (Å²) in [6, 6.07) is 9.36. The van der Waals surface area contributed by atoms with E-state index in [-0.39, 0.29) is 23.8 Å². The Morgan fingerprint density at radius 3 is 2.71 bits per heavy atom. The second kappa shape index (κ2) is 5.57. The summed E-state index contributed by atoms with van der Waals surface area (Å²) in [5.41, 5.74) is 7.17. The van der Waals surface area contributed by atoms with Crippen LogP contribution in [-0.2, 0) is 0 Å². The molecule has 6 heteroatoms. The molecule has 6 nitrogen and oxygen atoms in total. The third-order valence-electron chi connectivity index (χ3n) is 3.63. The Balaban J connectivity index is 1.68. The van der Waals surface area contributed by atoms with E-state index in [0.29, 0.717) is 5.69 Å². The molecule has 1 aromatic carbocycles. The van der Waals surface area contributed by atoms with E-state index in [1.165, 1.54) is 0 Å². The van der Waals surface area contributed by atoms with Gasteiger partial charge in [-0.05, 0) is 37.1 Å². The topological polar surface area (TPSA) is 90.4 Å².